The lowest BCUT2D eigenvalue weighted by Gasteiger charge is -2.20. The van der Waals surface area contributed by atoms with Crippen LogP contribution in [0.2, 0.25) is 0 Å². The van der Waals surface area contributed by atoms with Crippen LogP contribution in [0.4, 0.5) is 0 Å². The molecule has 15 heavy (non-hydrogen) atoms. The standard InChI is InChI=1S/C11H13N3S/c1-11(12,7-2-3-7)10-14-8-6-13-5-4-9(8)15-10/h4-7H,2-3,12H2,1H3. The molecule has 78 valence electrons. The Bertz CT molecular complexity index is 466. The fraction of sp³-hybridized carbons (Fsp3) is 0.455. The number of hydrogen-bond acceptors (Lipinski definition) is 4. The zero-order chi connectivity index (χ0) is 10.5. The molecule has 1 atom stereocenters. The molecule has 2 aromatic rings. The summed E-state index contributed by atoms with van der Waals surface area (Å²) in [6.45, 7) is 2.09. The average molecular weight is 219 g/mol. The lowest BCUT2D eigenvalue weighted by atomic mass is 9.99. The third-order valence-corrected chi connectivity index (χ3v) is 4.37. The molecule has 0 radical (unpaired) electrons. The fourth-order valence-corrected chi connectivity index (χ4v) is 2.94. The highest BCUT2D eigenvalue weighted by molar-refractivity contribution is 7.18. The molecule has 0 aromatic carbocycles. The van der Waals surface area contributed by atoms with E-state index in [0.29, 0.717) is 5.92 Å². The predicted octanol–water partition coefficient (Wildman–Crippen LogP) is 2.28. The summed E-state index contributed by atoms with van der Waals surface area (Å²) < 4.78 is 1.18. The van der Waals surface area contributed by atoms with E-state index in [2.05, 4.69) is 16.9 Å². The second-order valence-electron chi connectivity index (χ2n) is 4.42. The van der Waals surface area contributed by atoms with Crippen molar-refractivity contribution in [2.75, 3.05) is 0 Å². The van der Waals surface area contributed by atoms with Crippen LogP contribution in [-0.2, 0) is 5.54 Å². The summed E-state index contributed by atoms with van der Waals surface area (Å²) in [4.78, 5) is 8.65. The molecular weight excluding hydrogens is 206 g/mol. The van der Waals surface area contributed by atoms with Crippen LogP contribution >= 0.6 is 11.3 Å². The minimum Gasteiger partial charge on any atom is -0.319 e. The third kappa shape index (κ3) is 1.44. The Morgan fingerprint density at radius 3 is 3.00 bits per heavy atom. The van der Waals surface area contributed by atoms with Crippen LogP contribution in [0.3, 0.4) is 0 Å². The highest BCUT2D eigenvalue weighted by Gasteiger charge is 2.41. The van der Waals surface area contributed by atoms with E-state index in [1.165, 1.54) is 17.5 Å². The van der Waals surface area contributed by atoms with Gasteiger partial charge < -0.3 is 5.73 Å². The van der Waals surface area contributed by atoms with Crippen molar-refractivity contribution in [1.29, 1.82) is 0 Å². The van der Waals surface area contributed by atoms with Crippen molar-refractivity contribution in [3.8, 4) is 0 Å². The summed E-state index contributed by atoms with van der Waals surface area (Å²) >= 11 is 1.70. The van der Waals surface area contributed by atoms with Crippen molar-refractivity contribution in [1.82, 2.24) is 9.97 Å². The normalized spacial score (nSPS) is 20.4. The number of nitrogens with zero attached hydrogens (tertiary/aromatic N) is 2. The molecule has 0 spiro atoms. The third-order valence-electron chi connectivity index (χ3n) is 3.08. The highest BCUT2D eigenvalue weighted by atomic mass is 32.1. The quantitative estimate of drug-likeness (QED) is 0.843. The van der Waals surface area contributed by atoms with Gasteiger partial charge in [0.05, 0.1) is 22.0 Å². The van der Waals surface area contributed by atoms with Gasteiger partial charge in [-0.1, -0.05) is 0 Å². The Balaban J connectivity index is 2.11. The number of hydrogen-bond donors (Lipinski definition) is 1. The molecule has 0 saturated heterocycles. The monoisotopic (exact) mass is 219 g/mol. The maximum absolute atomic E-state index is 6.33. The van der Waals surface area contributed by atoms with E-state index in [9.17, 15) is 0 Å². The van der Waals surface area contributed by atoms with Crippen LogP contribution < -0.4 is 5.73 Å². The first-order chi connectivity index (χ1) is 7.18. The summed E-state index contributed by atoms with van der Waals surface area (Å²) in [5, 5.41) is 1.05. The van der Waals surface area contributed by atoms with Crippen LogP contribution in [0.15, 0.2) is 18.5 Å². The summed E-state index contributed by atoms with van der Waals surface area (Å²) in [5.41, 5.74) is 7.06. The maximum atomic E-state index is 6.33. The number of thiazole rings is 1. The Hall–Kier alpha value is -1.00. The van der Waals surface area contributed by atoms with Gasteiger partial charge in [0.25, 0.3) is 0 Å². The van der Waals surface area contributed by atoms with Gasteiger partial charge in [0.15, 0.2) is 0 Å². The maximum Gasteiger partial charge on any atom is 0.114 e. The second-order valence-corrected chi connectivity index (χ2v) is 5.45. The van der Waals surface area contributed by atoms with E-state index in [0.717, 1.165) is 10.5 Å². The Morgan fingerprint density at radius 2 is 2.33 bits per heavy atom. The molecule has 2 aromatic heterocycles. The molecule has 2 N–H and O–H groups in total. The predicted molar refractivity (Wildman–Crippen MR) is 61.7 cm³/mol. The van der Waals surface area contributed by atoms with Gasteiger partial charge in [0.1, 0.15) is 5.01 Å². The van der Waals surface area contributed by atoms with Gasteiger partial charge in [-0.25, -0.2) is 4.98 Å². The smallest absolute Gasteiger partial charge is 0.114 e. The number of pyridine rings is 1. The van der Waals surface area contributed by atoms with E-state index in [-0.39, 0.29) is 5.54 Å². The Kier molecular flexibility index (Phi) is 1.85. The van der Waals surface area contributed by atoms with E-state index in [4.69, 9.17) is 5.73 Å². The first-order valence-corrected chi connectivity index (χ1v) is 5.99. The number of rotatable bonds is 2. The lowest BCUT2D eigenvalue weighted by Crippen LogP contribution is -2.35. The summed E-state index contributed by atoms with van der Waals surface area (Å²) in [7, 11) is 0. The molecule has 1 fully saturated rings. The van der Waals surface area contributed by atoms with Crippen molar-refractivity contribution in [3.05, 3.63) is 23.5 Å². The molecule has 4 heteroatoms. The topological polar surface area (TPSA) is 51.8 Å². The molecule has 1 aliphatic rings. The number of nitrogens with two attached hydrogens (primary N) is 1. The molecular formula is C11H13N3S. The molecule has 1 saturated carbocycles. The molecule has 1 unspecified atom stereocenters. The van der Waals surface area contributed by atoms with Crippen molar-refractivity contribution >= 4 is 21.6 Å². The van der Waals surface area contributed by atoms with Crippen LogP contribution in [0, 0.1) is 5.92 Å². The van der Waals surface area contributed by atoms with Gasteiger partial charge in [-0.3, -0.25) is 4.98 Å². The Labute approximate surface area is 92.4 Å². The van der Waals surface area contributed by atoms with Crippen molar-refractivity contribution in [2.45, 2.75) is 25.3 Å². The van der Waals surface area contributed by atoms with E-state index >= 15 is 0 Å². The molecule has 3 nitrogen and oxygen atoms in total. The van der Waals surface area contributed by atoms with Crippen LogP contribution in [0.25, 0.3) is 10.2 Å². The molecule has 0 bridgehead atoms. The molecule has 3 rings (SSSR count). The largest absolute Gasteiger partial charge is 0.319 e. The minimum atomic E-state index is -0.246. The number of fused-ring (bicyclic) bond motifs is 1. The zero-order valence-electron chi connectivity index (χ0n) is 8.60. The number of aromatic nitrogens is 2. The van der Waals surface area contributed by atoms with Crippen LogP contribution in [0.1, 0.15) is 24.8 Å². The van der Waals surface area contributed by atoms with Crippen LogP contribution in [-0.4, -0.2) is 9.97 Å². The summed E-state index contributed by atoms with van der Waals surface area (Å²) in [5.74, 6) is 0.617. The van der Waals surface area contributed by atoms with Crippen LogP contribution in [0.5, 0.6) is 0 Å². The van der Waals surface area contributed by atoms with Crippen molar-refractivity contribution < 1.29 is 0 Å². The molecule has 0 amide bonds. The van der Waals surface area contributed by atoms with Gasteiger partial charge in [-0.15, -0.1) is 11.3 Å². The summed E-state index contributed by atoms with van der Waals surface area (Å²) in [6, 6.07) is 2.00. The fourth-order valence-electron chi connectivity index (χ4n) is 1.87. The molecule has 2 heterocycles. The van der Waals surface area contributed by atoms with Gasteiger partial charge in [-0.2, -0.15) is 0 Å². The van der Waals surface area contributed by atoms with Gasteiger partial charge in [0, 0.05) is 6.20 Å². The van der Waals surface area contributed by atoms with E-state index in [1.54, 1.807) is 23.7 Å². The molecule has 0 aliphatic heterocycles. The highest BCUT2D eigenvalue weighted by Crippen LogP contribution is 2.45. The minimum absolute atomic E-state index is 0.246. The zero-order valence-corrected chi connectivity index (χ0v) is 9.42. The van der Waals surface area contributed by atoms with E-state index < -0.39 is 0 Å². The second kappa shape index (κ2) is 3.00. The molecule has 1 aliphatic carbocycles. The van der Waals surface area contributed by atoms with E-state index in [1.807, 2.05) is 6.07 Å². The average Bonchev–Trinajstić information content (AvgIpc) is 2.97. The SMILES string of the molecule is CC(N)(c1nc2cnccc2s1)C1CC1. The Morgan fingerprint density at radius 1 is 1.53 bits per heavy atom. The summed E-state index contributed by atoms with van der Waals surface area (Å²) in [6.07, 6.45) is 6.08. The van der Waals surface area contributed by atoms with Gasteiger partial charge in [0.2, 0.25) is 0 Å². The lowest BCUT2D eigenvalue weighted by molar-refractivity contribution is 0.426. The van der Waals surface area contributed by atoms with Crippen molar-refractivity contribution in [2.24, 2.45) is 11.7 Å². The first-order valence-electron chi connectivity index (χ1n) is 5.18. The van der Waals surface area contributed by atoms with Crippen molar-refractivity contribution in [3.63, 3.8) is 0 Å². The first kappa shape index (κ1) is 9.24. The van der Waals surface area contributed by atoms with Gasteiger partial charge in [-0.05, 0) is 31.7 Å². The van der Waals surface area contributed by atoms with Gasteiger partial charge >= 0.3 is 0 Å².